The molecule has 8 aliphatic carbocycles. The molecular formula is C34H54N4O2. The minimum absolute atomic E-state index is 0.0193. The van der Waals surface area contributed by atoms with Crippen molar-refractivity contribution in [3.05, 3.63) is 0 Å². The summed E-state index contributed by atoms with van der Waals surface area (Å²) in [6, 6.07) is 0.0386. The van der Waals surface area contributed by atoms with Crippen LogP contribution >= 0.6 is 0 Å². The molecule has 8 bridgehead atoms. The van der Waals surface area contributed by atoms with Crippen LogP contribution in [-0.4, -0.2) is 71.0 Å². The summed E-state index contributed by atoms with van der Waals surface area (Å²) in [6.45, 7) is 3.88. The number of hydrogen-bond donors (Lipinski definition) is 2. The van der Waals surface area contributed by atoms with E-state index in [1.807, 2.05) is 0 Å². The number of carbonyl (C=O) groups excluding carboxylic acids is 2. The van der Waals surface area contributed by atoms with Crippen LogP contribution in [0, 0.1) is 35.5 Å². The number of rotatable bonds is 7. The van der Waals surface area contributed by atoms with Gasteiger partial charge in [0.25, 0.3) is 0 Å². The molecule has 0 unspecified atom stereocenters. The van der Waals surface area contributed by atoms with Gasteiger partial charge in [0.15, 0.2) is 0 Å². The third-order valence-corrected chi connectivity index (χ3v) is 13.4. The maximum absolute atomic E-state index is 13.8. The van der Waals surface area contributed by atoms with Crippen LogP contribution in [0.4, 0.5) is 0 Å². The summed E-state index contributed by atoms with van der Waals surface area (Å²) in [5, 5.41) is 7.41. The Balaban J connectivity index is 0.898. The Morgan fingerprint density at radius 3 is 1.18 bits per heavy atom. The quantitative estimate of drug-likeness (QED) is 0.475. The fraction of sp³-hybridized carbons (Fsp3) is 0.941. The van der Waals surface area contributed by atoms with Crippen molar-refractivity contribution < 1.29 is 9.59 Å². The van der Waals surface area contributed by atoms with Crippen LogP contribution in [0.15, 0.2) is 0 Å². The van der Waals surface area contributed by atoms with Gasteiger partial charge in [-0.1, -0.05) is 12.8 Å². The lowest BCUT2D eigenvalue weighted by Gasteiger charge is -2.57. The largest absolute Gasteiger partial charge is 0.349 e. The van der Waals surface area contributed by atoms with E-state index >= 15 is 0 Å². The highest BCUT2D eigenvalue weighted by Gasteiger charge is 2.53. The molecule has 6 nitrogen and oxygen atoms in total. The van der Waals surface area contributed by atoms with E-state index in [0.717, 1.165) is 87.4 Å². The van der Waals surface area contributed by atoms with Crippen molar-refractivity contribution in [1.29, 1.82) is 0 Å². The van der Waals surface area contributed by atoms with Crippen LogP contribution in [0.2, 0.25) is 0 Å². The maximum Gasteiger partial charge on any atom is 0.237 e. The smallest absolute Gasteiger partial charge is 0.237 e. The van der Waals surface area contributed by atoms with Crippen LogP contribution < -0.4 is 10.6 Å². The number of nitrogens with zero attached hydrogens (tertiary/aromatic N) is 2. The van der Waals surface area contributed by atoms with E-state index in [-0.39, 0.29) is 23.2 Å². The van der Waals surface area contributed by atoms with Gasteiger partial charge in [0.1, 0.15) is 0 Å². The van der Waals surface area contributed by atoms with Gasteiger partial charge in [0.2, 0.25) is 11.8 Å². The Hall–Kier alpha value is -1.14. The summed E-state index contributed by atoms with van der Waals surface area (Å²) in [6.07, 6.45) is 22.6. The average molecular weight is 551 g/mol. The van der Waals surface area contributed by atoms with E-state index in [9.17, 15) is 9.59 Å². The van der Waals surface area contributed by atoms with E-state index < -0.39 is 0 Å². The first-order valence-electron chi connectivity index (χ1n) is 17.6. The van der Waals surface area contributed by atoms with Crippen LogP contribution in [-0.2, 0) is 9.59 Å². The second kappa shape index (κ2) is 10.2. The number of hydrogen-bond acceptors (Lipinski definition) is 4. The minimum Gasteiger partial charge on any atom is -0.349 e. The van der Waals surface area contributed by atoms with Crippen molar-refractivity contribution >= 4 is 11.8 Å². The Morgan fingerprint density at radius 1 is 0.525 bits per heavy atom. The molecule has 222 valence electrons. The third-order valence-electron chi connectivity index (χ3n) is 13.4. The SMILES string of the molecule is O=C(NC12CC3CC(CC(C3)C1)C2)[C@@H]1CCCCN1CCN1CCCC[C@H]1C(=O)NC12CC3CC(CC(C3)C1)C2. The molecule has 0 aromatic rings. The maximum atomic E-state index is 13.8. The zero-order chi connectivity index (χ0) is 26.9. The molecule has 6 heteroatoms. The second-order valence-corrected chi connectivity index (χ2v) is 16.5. The van der Waals surface area contributed by atoms with E-state index in [2.05, 4.69) is 20.4 Å². The van der Waals surface area contributed by atoms with Gasteiger partial charge in [-0.05, 0) is 151 Å². The topological polar surface area (TPSA) is 64.7 Å². The van der Waals surface area contributed by atoms with Gasteiger partial charge in [0.05, 0.1) is 12.1 Å². The van der Waals surface area contributed by atoms with Gasteiger partial charge in [-0.15, -0.1) is 0 Å². The summed E-state index contributed by atoms with van der Waals surface area (Å²) in [7, 11) is 0. The fourth-order valence-corrected chi connectivity index (χ4v) is 12.6. The van der Waals surface area contributed by atoms with Crippen molar-refractivity contribution in [2.75, 3.05) is 26.2 Å². The normalized spacial score (nSPS) is 47.9. The molecule has 2 amide bonds. The zero-order valence-electron chi connectivity index (χ0n) is 24.9. The molecule has 40 heavy (non-hydrogen) atoms. The molecule has 0 aromatic carbocycles. The molecule has 10 aliphatic rings. The molecule has 2 N–H and O–H groups in total. The van der Waals surface area contributed by atoms with Crippen molar-refractivity contribution in [3.8, 4) is 0 Å². The number of nitrogens with one attached hydrogen (secondary N) is 2. The molecule has 0 radical (unpaired) electrons. The Bertz CT molecular complexity index is 846. The monoisotopic (exact) mass is 550 g/mol. The van der Waals surface area contributed by atoms with Crippen LogP contribution in [0.25, 0.3) is 0 Å². The number of amides is 2. The first kappa shape index (κ1) is 26.5. The lowest BCUT2D eigenvalue weighted by molar-refractivity contribution is -0.136. The van der Waals surface area contributed by atoms with Crippen LogP contribution in [0.3, 0.4) is 0 Å². The molecule has 10 rings (SSSR count). The average Bonchev–Trinajstić information content (AvgIpc) is 2.90. The van der Waals surface area contributed by atoms with Crippen LogP contribution in [0.1, 0.15) is 116 Å². The van der Waals surface area contributed by atoms with Crippen molar-refractivity contribution in [1.82, 2.24) is 20.4 Å². The van der Waals surface area contributed by atoms with E-state index in [0.29, 0.717) is 11.8 Å². The first-order valence-corrected chi connectivity index (χ1v) is 17.6. The Morgan fingerprint density at radius 2 is 0.850 bits per heavy atom. The highest BCUT2D eigenvalue weighted by atomic mass is 16.2. The zero-order valence-corrected chi connectivity index (χ0v) is 24.9. The Labute approximate surface area is 242 Å². The Kier molecular flexibility index (Phi) is 6.78. The fourth-order valence-electron chi connectivity index (χ4n) is 12.6. The molecule has 0 aromatic heterocycles. The summed E-state index contributed by atoms with van der Waals surface area (Å²) in [4.78, 5) is 32.7. The lowest BCUT2D eigenvalue weighted by Crippen LogP contribution is -2.64. The molecular weight excluding hydrogens is 496 g/mol. The number of piperidine rings is 2. The molecule has 8 saturated carbocycles. The van der Waals surface area contributed by atoms with Crippen LogP contribution in [0.5, 0.6) is 0 Å². The summed E-state index contributed by atoms with van der Waals surface area (Å²) in [5.41, 5.74) is 0.199. The molecule has 2 heterocycles. The molecule has 2 saturated heterocycles. The van der Waals surface area contributed by atoms with Gasteiger partial charge in [0, 0.05) is 24.2 Å². The van der Waals surface area contributed by atoms with Gasteiger partial charge in [-0.25, -0.2) is 0 Å². The standard InChI is InChI=1S/C34H54N4O2/c39-31(35-33-17-23-11-24(18-33)13-25(12-23)19-33)29-5-1-3-7-37(29)9-10-38-8-4-2-6-30(38)32(40)36-34-20-26-14-27(21-34)16-28(15-26)22-34/h23-30H,1-22H2,(H,35,39)(H,36,40)/t23?,24?,25?,26?,27?,28?,29-,30-,33?,34?/m0/s1. The number of likely N-dealkylation sites (tertiary alicyclic amines) is 2. The van der Waals surface area contributed by atoms with Gasteiger partial charge < -0.3 is 10.6 Å². The van der Waals surface area contributed by atoms with E-state index in [1.165, 1.54) is 89.9 Å². The first-order chi connectivity index (χ1) is 19.4. The molecule has 0 spiro atoms. The molecule has 2 aliphatic heterocycles. The van der Waals surface area contributed by atoms with Crippen molar-refractivity contribution in [2.45, 2.75) is 139 Å². The van der Waals surface area contributed by atoms with E-state index in [1.54, 1.807) is 0 Å². The predicted molar refractivity (Wildman–Crippen MR) is 157 cm³/mol. The van der Waals surface area contributed by atoms with Gasteiger partial charge >= 0.3 is 0 Å². The molecule has 2 atom stereocenters. The minimum atomic E-state index is 0.0193. The molecule has 10 fully saturated rings. The van der Waals surface area contributed by atoms with Gasteiger partial charge in [-0.2, -0.15) is 0 Å². The second-order valence-electron chi connectivity index (χ2n) is 16.5. The third kappa shape index (κ3) is 4.95. The highest BCUT2D eigenvalue weighted by molar-refractivity contribution is 5.83. The lowest BCUT2D eigenvalue weighted by atomic mass is 9.53. The summed E-state index contributed by atoms with van der Waals surface area (Å²) in [5.74, 6) is 5.77. The van der Waals surface area contributed by atoms with Crippen molar-refractivity contribution in [3.63, 3.8) is 0 Å². The van der Waals surface area contributed by atoms with Gasteiger partial charge in [-0.3, -0.25) is 19.4 Å². The summed E-state index contributed by atoms with van der Waals surface area (Å²) < 4.78 is 0. The van der Waals surface area contributed by atoms with Crippen molar-refractivity contribution in [2.24, 2.45) is 35.5 Å². The van der Waals surface area contributed by atoms with E-state index in [4.69, 9.17) is 0 Å². The summed E-state index contributed by atoms with van der Waals surface area (Å²) >= 11 is 0. The highest BCUT2D eigenvalue weighted by Crippen LogP contribution is 2.56. The number of carbonyl (C=O) groups is 2. The predicted octanol–water partition coefficient (Wildman–Crippen LogP) is 4.87.